The highest BCUT2D eigenvalue weighted by atomic mass is 16.5. The lowest BCUT2D eigenvalue weighted by molar-refractivity contribution is -0.0286. The highest BCUT2D eigenvalue weighted by Gasteiger charge is 2.45. The molecule has 0 unspecified atom stereocenters. The molecule has 0 aromatic carbocycles. The number of ether oxygens (including phenoxy) is 1. The van der Waals surface area contributed by atoms with Gasteiger partial charge in [0.15, 0.2) is 5.82 Å². The maximum absolute atomic E-state index is 5.89. The number of hydrogen-bond donors (Lipinski definition) is 2. The lowest BCUT2D eigenvalue weighted by Gasteiger charge is -2.39. The zero-order valence-electron chi connectivity index (χ0n) is 17.3. The number of hydrogen-bond acceptors (Lipinski definition) is 9. The van der Waals surface area contributed by atoms with Gasteiger partial charge in [0.1, 0.15) is 5.82 Å². The van der Waals surface area contributed by atoms with E-state index < -0.39 is 0 Å². The highest BCUT2D eigenvalue weighted by Crippen LogP contribution is 2.48. The third-order valence-corrected chi connectivity index (χ3v) is 6.47. The lowest BCUT2D eigenvalue weighted by Crippen LogP contribution is -2.36. The van der Waals surface area contributed by atoms with Crippen molar-refractivity contribution < 1.29 is 9.26 Å². The average molecular weight is 430 g/mol. The lowest BCUT2D eigenvalue weighted by atomic mass is 9.64. The van der Waals surface area contributed by atoms with E-state index in [0.717, 1.165) is 41.6 Å². The van der Waals surface area contributed by atoms with Crippen LogP contribution >= 0.6 is 0 Å². The van der Waals surface area contributed by atoms with Crippen LogP contribution in [0.5, 0.6) is 0 Å². The van der Waals surface area contributed by atoms with E-state index in [-0.39, 0.29) is 11.5 Å². The number of nitrogen functional groups attached to an aromatic ring is 2. The third-order valence-electron chi connectivity index (χ3n) is 6.47. The standard InChI is InChI=1S/C22H22N8O2/c23-17-6-13(7-26-19(17)24)18-3-2-15(9-25-18)22(4-1-5-22)21-28-20(32-29-21)14-8-27-30(10-14)16-11-31-12-16/h2-3,6-10,16H,1,4-5,11-12,23H2,(H2,24,26). The summed E-state index contributed by atoms with van der Waals surface area (Å²) in [7, 11) is 0. The molecule has 4 aromatic rings. The van der Waals surface area contributed by atoms with Gasteiger partial charge in [-0.15, -0.1) is 0 Å². The van der Waals surface area contributed by atoms with Crippen LogP contribution in [0.1, 0.15) is 36.7 Å². The average Bonchev–Trinajstić information content (AvgIpc) is 3.39. The zero-order chi connectivity index (χ0) is 21.7. The van der Waals surface area contributed by atoms with Crippen LogP contribution in [0.25, 0.3) is 22.7 Å². The number of nitrogens with zero attached hydrogens (tertiary/aromatic N) is 6. The first-order valence-corrected chi connectivity index (χ1v) is 10.6. The van der Waals surface area contributed by atoms with Crippen molar-refractivity contribution >= 4 is 11.5 Å². The van der Waals surface area contributed by atoms with E-state index in [4.69, 9.17) is 25.7 Å². The van der Waals surface area contributed by atoms with Gasteiger partial charge in [-0.3, -0.25) is 9.67 Å². The molecule has 2 aliphatic rings. The Kier molecular flexibility index (Phi) is 4.22. The van der Waals surface area contributed by atoms with Gasteiger partial charge in [0.2, 0.25) is 0 Å². The summed E-state index contributed by atoms with van der Waals surface area (Å²) in [5, 5.41) is 8.74. The van der Waals surface area contributed by atoms with Crippen molar-refractivity contribution in [3.63, 3.8) is 0 Å². The molecule has 10 heteroatoms. The molecular formula is C22H22N8O2. The normalized spacial score (nSPS) is 17.6. The summed E-state index contributed by atoms with van der Waals surface area (Å²) in [6.45, 7) is 1.36. The van der Waals surface area contributed by atoms with Crippen molar-refractivity contribution in [1.29, 1.82) is 0 Å². The van der Waals surface area contributed by atoms with Gasteiger partial charge in [0.25, 0.3) is 5.89 Å². The van der Waals surface area contributed by atoms with E-state index in [1.807, 2.05) is 23.1 Å². The van der Waals surface area contributed by atoms with Gasteiger partial charge in [0.05, 0.1) is 47.8 Å². The summed E-state index contributed by atoms with van der Waals surface area (Å²) >= 11 is 0. The van der Waals surface area contributed by atoms with Crippen molar-refractivity contribution in [2.24, 2.45) is 0 Å². The second kappa shape index (κ2) is 7.13. The molecule has 4 aromatic heterocycles. The molecule has 0 amide bonds. The monoisotopic (exact) mass is 430 g/mol. The van der Waals surface area contributed by atoms with Gasteiger partial charge in [-0.25, -0.2) is 4.98 Å². The maximum Gasteiger partial charge on any atom is 0.261 e. The molecule has 10 nitrogen and oxygen atoms in total. The third kappa shape index (κ3) is 2.94. The summed E-state index contributed by atoms with van der Waals surface area (Å²) in [6.07, 6.45) is 10.2. The molecule has 2 fully saturated rings. The Labute approximate surface area is 183 Å². The molecule has 6 rings (SSSR count). The number of anilines is 2. The first kappa shape index (κ1) is 18.9. The molecule has 1 aliphatic heterocycles. The van der Waals surface area contributed by atoms with E-state index in [0.29, 0.717) is 36.4 Å². The van der Waals surface area contributed by atoms with Crippen LogP contribution < -0.4 is 11.5 Å². The van der Waals surface area contributed by atoms with Crippen LogP contribution in [0.4, 0.5) is 11.5 Å². The first-order valence-electron chi connectivity index (χ1n) is 10.6. The number of pyridine rings is 2. The van der Waals surface area contributed by atoms with Crippen molar-refractivity contribution in [3.8, 4) is 22.7 Å². The van der Waals surface area contributed by atoms with Crippen LogP contribution in [-0.4, -0.2) is 43.1 Å². The second-order valence-electron chi connectivity index (χ2n) is 8.39. The summed E-state index contributed by atoms with van der Waals surface area (Å²) < 4.78 is 12.7. The number of rotatable bonds is 5. The fraction of sp³-hybridized carbons (Fsp3) is 0.318. The van der Waals surface area contributed by atoms with Gasteiger partial charge in [-0.05, 0) is 30.5 Å². The number of aromatic nitrogens is 6. The van der Waals surface area contributed by atoms with Crippen molar-refractivity contribution in [2.75, 3.05) is 24.7 Å². The van der Waals surface area contributed by atoms with E-state index in [1.165, 1.54) is 0 Å². The molecule has 0 bridgehead atoms. The molecule has 162 valence electrons. The molecule has 0 radical (unpaired) electrons. The topological polar surface area (TPSA) is 144 Å². The number of nitrogens with two attached hydrogens (primary N) is 2. The van der Waals surface area contributed by atoms with Crippen LogP contribution in [0, 0.1) is 0 Å². The van der Waals surface area contributed by atoms with Gasteiger partial charge in [-0.2, -0.15) is 10.1 Å². The largest absolute Gasteiger partial charge is 0.396 e. The van der Waals surface area contributed by atoms with Crippen molar-refractivity contribution in [3.05, 3.63) is 54.4 Å². The molecule has 4 N–H and O–H groups in total. The maximum atomic E-state index is 5.89. The minimum atomic E-state index is -0.288. The summed E-state index contributed by atoms with van der Waals surface area (Å²) in [4.78, 5) is 13.5. The van der Waals surface area contributed by atoms with Gasteiger partial charge in [0, 0.05) is 24.2 Å². The van der Waals surface area contributed by atoms with Gasteiger partial charge >= 0.3 is 0 Å². The SMILES string of the molecule is Nc1cc(-c2ccc(C3(c4noc(-c5cnn(C6COC6)c5)n4)CCC3)cn2)cnc1N. The predicted octanol–water partition coefficient (Wildman–Crippen LogP) is 2.60. The fourth-order valence-electron chi connectivity index (χ4n) is 4.21. The van der Waals surface area contributed by atoms with Crippen LogP contribution in [0.15, 0.2) is 47.5 Å². The summed E-state index contributed by atoms with van der Waals surface area (Å²) in [5.41, 5.74) is 15.2. The molecule has 5 heterocycles. The molecule has 0 atom stereocenters. The van der Waals surface area contributed by atoms with E-state index in [2.05, 4.69) is 26.3 Å². The van der Waals surface area contributed by atoms with E-state index >= 15 is 0 Å². The summed E-state index contributed by atoms with van der Waals surface area (Å²) in [6, 6.07) is 6.09. The Morgan fingerprint density at radius 2 is 1.91 bits per heavy atom. The highest BCUT2D eigenvalue weighted by molar-refractivity contribution is 5.69. The first-order chi connectivity index (χ1) is 15.6. The Hall–Kier alpha value is -3.79. The van der Waals surface area contributed by atoms with Crippen LogP contribution in [-0.2, 0) is 10.2 Å². The second-order valence-corrected chi connectivity index (χ2v) is 8.39. The Morgan fingerprint density at radius 3 is 2.56 bits per heavy atom. The van der Waals surface area contributed by atoms with Gasteiger partial charge in [-0.1, -0.05) is 17.6 Å². The van der Waals surface area contributed by atoms with E-state index in [9.17, 15) is 0 Å². The molecule has 1 saturated heterocycles. The van der Waals surface area contributed by atoms with Crippen molar-refractivity contribution in [2.45, 2.75) is 30.7 Å². The Bertz CT molecular complexity index is 1270. The molecule has 0 spiro atoms. The molecular weight excluding hydrogens is 408 g/mol. The van der Waals surface area contributed by atoms with Gasteiger partial charge < -0.3 is 20.7 Å². The van der Waals surface area contributed by atoms with Crippen molar-refractivity contribution in [1.82, 2.24) is 29.9 Å². The predicted molar refractivity (Wildman–Crippen MR) is 116 cm³/mol. The van der Waals surface area contributed by atoms with Crippen LogP contribution in [0.2, 0.25) is 0 Å². The van der Waals surface area contributed by atoms with Crippen LogP contribution in [0.3, 0.4) is 0 Å². The van der Waals surface area contributed by atoms with E-state index in [1.54, 1.807) is 18.5 Å². The zero-order valence-corrected chi connectivity index (χ0v) is 17.3. The Balaban J connectivity index is 1.28. The quantitative estimate of drug-likeness (QED) is 0.488. The smallest absolute Gasteiger partial charge is 0.261 e. The molecule has 32 heavy (non-hydrogen) atoms. The minimum Gasteiger partial charge on any atom is -0.396 e. The molecule has 1 saturated carbocycles. The summed E-state index contributed by atoms with van der Waals surface area (Å²) in [5.74, 6) is 1.48. The fourth-order valence-corrected chi connectivity index (χ4v) is 4.21. The molecule has 1 aliphatic carbocycles. The Morgan fingerprint density at radius 1 is 1.03 bits per heavy atom. The minimum absolute atomic E-state index is 0.278.